The molecule has 1 unspecified atom stereocenters. The smallest absolute Gasteiger partial charge is 0.243 e. The summed E-state index contributed by atoms with van der Waals surface area (Å²) in [5.74, 6) is -0.144. The van der Waals surface area contributed by atoms with E-state index in [0.717, 1.165) is 0 Å². The standard InChI is InChI=1S/C10H16ClN5O/c1-5(2)10(3,8(12)17)16-7-6(11)4-14-9(13)15-7/h4-5H,1-3H3,(H2,12,17)(H3,13,14,15,16). The SMILES string of the molecule is CC(C)C(C)(Nc1nc(N)ncc1Cl)C(N)=O. The first-order valence-corrected chi connectivity index (χ1v) is 5.51. The molecule has 0 saturated carbocycles. The minimum absolute atomic E-state index is 0.0349. The molecule has 0 spiro atoms. The van der Waals surface area contributed by atoms with E-state index in [1.165, 1.54) is 6.20 Å². The maximum absolute atomic E-state index is 11.5. The van der Waals surface area contributed by atoms with Gasteiger partial charge in [-0.15, -0.1) is 0 Å². The number of nitrogens with one attached hydrogen (secondary N) is 1. The lowest BCUT2D eigenvalue weighted by atomic mass is 9.87. The van der Waals surface area contributed by atoms with E-state index in [9.17, 15) is 4.79 Å². The first-order chi connectivity index (χ1) is 7.77. The van der Waals surface area contributed by atoms with Crippen LogP contribution in [-0.2, 0) is 4.79 Å². The van der Waals surface area contributed by atoms with E-state index in [4.69, 9.17) is 23.1 Å². The van der Waals surface area contributed by atoms with Crippen LogP contribution in [0.25, 0.3) is 0 Å². The van der Waals surface area contributed by atoms with E-state index < -0.39 is 11.4 Å². The molecule has 0 bridgehead atoms. The first-order valence-electron chi connectivity index (χ1n) is 5.13. The number of nitrogen functional groups attached to an aromatic ring is 1. The van der Waals surface area contributed by atoms with Crippen LogP contribution < -0.4 is 16.8 Å². The molecular weight excluding hydrogens is 242 g/mol. The predicted molar refractivity (Wildman–Crippen MR) is 67.5 cm³/mol. The molecule has 1 rings (SSSR count). The molecule has 1 aromatic rings. The minimum Gasteiger partial charge on any atom is -0.368 e. The zero-order chi connectivity index (χ0) is 13.2. The van der Waals surface area contributed by atoms with Gasteiger partial charge in [0.25, 0.3) is 0 Å². The van der Waals surface area contributed by atoms with Crippen molar-refractivity contribution < 1.29 is 4.79 Å². The van der Waals surface area contributed by atoms with Crippen LogP contribution in [0.1, 0.15) is 20.8 Å². The highest BCUT2D eigenvalue weighted by Crippen LogP contribution is 2.26. The fourth-order valence-corrected chi connectivity index (χ4v) is 1.34. The van der Waals surface area contributed by atoms with Gasteiger partial charge in [-0.25, -0.2) is 4.98 Å². The van der Waals surface area contributed by atoms with E-state index in [-0.39, 0.29) is 16.9 Å². The minimum atomic E-state index is -0.954. The summed E-state index contributed by atoms with van der Waals surface area (Å²) >= 11 is 5.92. The van der Waals surface area contributed by atoms with Crippen LogP contribution in [0.15, 0.2) is 6.20 Å². The number of carbonyl (C=O) groups is 1. The average Bonchev–Trinajstić information content (AvgIpc) is 2.22. The Morgan fingerprint density at radius 3 is 2.65 bits per heavy atom. The number of hydrogen-bond donors (Lipinski definition) is 3. The first kappa shape index (κ1) is 13.5. The van der Waals surface area contributed by atoms with Crippen molar-refractivity contribution in [2.75, 3.05) is 11.1 Å². The number of hydrogen-bond acceptors (Lipinski definition) is 5. The quantitative estimate of drug-likeness (QED) is 0.747. The number of anilines is 2. The molecule has 94 valence electrons. The monoisotopic (exact) mass is 257 g/mol. The summed E-state index contributed by atoms with van der Waals surface area (Å²) in [4.78, 5) is 19.2. The van der Waals surface area contributed by atoms with Crippen molar-refractivity contribution in [3.63, 3.8) is 0 Å². The summed E-state index contributed by atoms with van der Waals surface area (Å²) < 4.78 is 0. The van der Waals surface area contributed by atoms with Gasteiger partial charge in [-0.05, 0) is 12.8 Å². The zero-order valence-electron chi connectivity index (χ0n) is 9.99. The van der Waals surface area contributed by atoms with Crippen molar-refractivity contribution in [2.24, 2.45) is 11.7 Å². The summed E-state index contributed by atoms with van der Waals surface area (Å²) in [6.07, 6.45) is 1.37. The number of carbonyl (C=O) groups excluding carboxylic acids is 1. The molecule has 0 aliphatic rings. The highest BCUT2D eigenvalue weighted by molar-refractivity contribution is 6.32. The Hall–Kier alpha value is -1.56. The average molecular weight is 258 g/mol. The van der Waals surface area contributed by atoms with Gasteiger partial charge in [-0.1, -0.05) is 25.4 Å². The highest BCUT2D eigenvalue weighted by Gasteiger charge is 2.35. The van der Waals surface area contributed by atoms with Gasteiger partial charge < -0.3 is 16.8 Å². The molecule has 7 heteroatoms. The maximum Gasteiger partial charge on any atom is 0.243 e. The molecule has 0 aromatic carbocycles. The van der Waals surface area contributed by atoms with Gasteiger partial charge in [0.15, 0.2) is 5.82 Å². The number of primary amides is 1. The Bertz CT molecular complexity index is 437. The number of rotatable bonds is 4. The van der Waals surface area contributed by atoms with Crippen molar-refractivity contribution in [1.29, 1.82) is 0 Å². The second-order valence-corrected chi connectivity index (χ2v) is 4.68. The molecule has 1 atom stereocenters. The summed E-state index contributed by atoms with van der Waals surface area (Å²) in [5.41, 5.74) is 9.90. The van der Waals surface area contributed by atoms with Crippen LogP contribution >= 0.6 is 11.6 Å². The lowest BCUT2D eigenvalue weighted by Gasteiger charge is -2.32. The van der Waals surface area contributed by atoms with Gasteiger partial charge in [0.2, 0.25) is 11.9 Å². The van der Waals surface area contributed by atoms with Crippen LogP contribution in [0, 0.1) is 5.92 Å². The van der Waals surface area contributed by atoms with Gasteiger partial charge in [0.05, 0.1) is 6.20 Å². The van der Waals surface area contributed by atoms with Crippen LogP contribution in [0.2, 0.25) is 5.02 Å². The Morgan fingerprint density at radius 1 is 1.59 bits per heavy atom. The molecule has 5 N–H and O–H groups in total. The van der Waals surface area contributed by atoms with E-state index >= 15 is 0 Å². The predicted octanol–water partition coefficient (Wildman–Crippen LogP) is 1.02. The van der Waals surface area contributed by atoms with Crippen molar-refractivity contribution in [1.82, 2.24) is 9.97 Å². The van der Waals surface area contributed by atoms with E-state index in [2.05, 4.69) is 15.3 Å². The second kappa shape index (κ2) is 4.75. The number of nitrogens with two attached hydrogens (primary N) is 2. The number of halogens is 1. The molecular formula is C10H16ClN5O. The number of nitrogens with zero attached hydrogens (tertiary/aromatic N) is 2. The Morgan fingerprint density at radius 2 is 2.18 bits per heavy atom. The molecule has 0 saturated heterocycles. The Balaban J connectivity index is 3.10. The molecule has 1 heterocycles. The third-order valence-corrected chi connectivity index (χ3v) is 3.08. The van der Waals surface area contributed by atoms with E-state index in [1.54, 1.807) is 6.92 Å². The molecule has 0 aliphatic heterocycles. The molecule has 1 amide bonds. The van der Waals surface area contributed by atoms with E-state index in [0.29, 0.717) is 5.82 Å². The third-order valence-electron chi connectivity index (χ3n) is 2.81. The van der Waals surface area contributed by atoms with Gasteiger partial charge >= 0.3 is 0 Å². The summed E-state index contributed by atoms with van der Waals surface area (Å²) in [5, 5.41) is 3.21. The molecule has 0 radical (unpaired) electrons. The van der Waals surface area contributed by atoms with Crippen molar-refractivity contribution in [3.05, 3.63) is 11.2 Å². The van der Waals surface area contributed by atoms with Crippen LogP contribution in [0.4, 0.5) is 11.8 Å². The lowest BCUT2D eigenvalue weighted by molar-refractivity contribution is -0.123. The van der Waals surface area contributed by atoms with Crippen molar-refractivity contribution in [3.8, 4) is 0 Å². The van der Waals surface area contributed by atoms with Gasteiger partial charge in [0.1, 0.15) is 10.6 Å². The van der Waals surface area contributed by atoms with Crippen molar-refractivity contribution in [2.45, 2.75) is 26.3 Å². The zero-order valence-corrected chi connectivity index (χ0v) is 10.7. The highest BCUT2D eigenvalue weighted by atomic mass is 35.5. The lowest BCUT2D eigenvalue weighted by Crippen LogP contribution is -2.52. The summed E-state index contributed by atoms with van der Waals surface area (Å²) in [6, 6.07) is 0. The second-order valence-electron chi connectivity index (χ2n) is 4.27. The van der Waals surface area contributed by atoms with Crippen molar-refractivity contribution >= 4 is 29.3 Å². The molecule has 0 aliphatic carbocycles. The molecule has 17 heavy (non-hydrogen) atoms. The topological polar surface area (TPSA) is 107 Å². The Labute approximate surface area is 105 Å². The third kappa shape index (κ3) is 2.76. The van der Waals surface area contributed by atoms with Crippen LogP contribution in [-0.4, -0.2) is 21.4 Å². The van der Waals surface area contributed by atoms with Crippen LogP contribution in [0.3, 0.4) is 0 Å². The maximum atomic E-state index is 11.5. The van der Waals surface area contributed by atoms with Gasteiger partial charge in [0, 0.05) is 0 Å². The largest absolute Gasteiger partial charge is 0.368 e. The normalized spacial score (nSPS) is 14.4. The Kier molecular flexibility index (Phi) is 3.77. The van der Waals surface area contributed by atoms with Gasteiger partial charge in [-0.2, -0.15) is 4.98 Å². The van der Waals surface area contributed by atoms with Gasteiger partial charge in [-0.3, -0.25) is 4.79 Å². The number of aromatic nitrogens is 2. The molecule has 0 fully saturated rings. The fourth-order valence-electron chi connectivity index (χ4n) is 1.20. The summed E-state index contributed by atoms with van der Waals surface area (Å²) in [7, 11) is 0. The van der Waals surface area contributed by atoms with Crippen LogP contribution in [0.5, 0.6) is 0 Å². The summed E-state index contributed by atoms with van der Waals surface area (Å²) in [6.45, 7) is 5.43. The van der Waals surface area contributed by atoms with E-state index in [1.807, 2.05) is 13.8 Å². The fraction of sp³-hybridized carbons (Fsp3) is 0.500. The molecule has 1 aromatic heterocycles. The number of amides is 1. The molecule has 6 nitrogen and oxygen atoms in total.